The SMILES string of the molecule is CC1(C)c2cc(-c3ccc(C#Cc4ccc(N(c5ccccc5)c5ccccc5)cc4)cc3)ccc2-c2ccc3c4ccccc4n(-c4ccccc4)c3c21. The molecule has 0 unspecified atom stereocenters. The summed E-state index contributed by atoms with van der Waals surface area (Å²) in [5.41, 5.74) is 16.6. The van der Waals surface area contributed by atoms with Crippen LogP contribution in [0.25, 0.3) is 49.7 Å². The Bertz CT molecular complexity index is 2870. The molecule has 0 aliphatic heterocycles. The average Bonchev–Trinajstić information content (AvgIpc) is 3.70. The third-order valence-corrected chi connectivity index (χ3v) is 11.2. The molecule has 9 aromatic rings. The first-order valence-corrected chi connectivity index (χ1v) is 18.9. The van der Waals surface area contributed by atoms with E-state index in [2.05, 4.69) is 217 Å². The second kappa shape index (κ2) is 13.1. The van der Waals surface area contributed by atoms with E-state index in [1.165, 1.54) is 60.9 Å². The molecule has 0 bridgehead atoms. The molecular formula is C53H38N2. The highest BCUT2D eigenvalue weighted by Gasteiger charge is 2.38. The minimum absolute atomic E-state index is 0.193. The summed E-state index contributed by atoms with van der Waals surface area (Å²) in [5.74, 6) is 6.79. The summed E-state index contributed by atoms with van der Waals surface area (Å²) in [7, 11) is 0. The predicted molar refractivity (Wildman–Crippen MR) is 231 cm³/mol. The standard InChI is InChI=1S/C53H38N2/c1-53(2)49-36-40(30-33-45(49)47-34-35-48-46-20-12-13-21-50(46)55(52(48)51(47)53)43-18-10-5-11-19-43)39-28-24-37(25-29-39)22-23-38-26-31-44(32-27-38)54(41-14-6-3-7-15-41)42-16-8-4-9-17-42/h3-21,24-36H,1-2H3. The molecule has 1 aromatic heterocycles. The summed E-state index contributed by atoms with van der Waals surface area (Å²) < 4.78 is 2.47. The monoisotopic (exact) mass is 702 g/mol. The summed E-state index contributed by atoms with van der Waals surface area (Å²) in [6.07, 6.45) is 0. The quantitative estimate of drug-likeness (QED) is 0.162. The van der Waals surface area contributed by atoms with Crippen molar-refractivity contribution < 1.29 is 0 Å². The normalized spacial score (nSPS) is 12.5. The van der Waals surface area contributed by atoms with E-state index in [1.807, 2.05) is 12.1 Å². The van der Waals surface area contributed by atoms with Crippen molar-refractivity contribution >= 4 is 38.9 Å². The minimum Gasteiger partial charge on any atom is -0.311 e. The van der Waals surface area contributed by atoms with Gasteiger partial charge in [-0.1, -0.05) is 135 Å². The third kappa shape index (κ3) is 5.52. The van der Waals surface area contributed by atoms with E-state index in [-0.39, 0.29) is 5.41 Å². The Hall–Kier alpha value is -7.08. The second-order valence-electron chi connectivity index (χ2n) is 14.8. The molecule has 0 amide bonds. The van der Waals surface area contributed by atoms with E-state index in [1.54, 1.807) is 0 Å². The Morgan fingerprint density at radius 2 is 0.982 bits per heavy atom. The number of hydrogen-bond donors (Lipinski definition) is 0. The van der Waals surface area contributed by atoms with Gasteiger partial charge in [0.2, 0.25) is 0 Å². The van der Waals surface area contributed by atoms with E-state index in [0.29, 0.717) is 0 Å². The van der Waals surface area contributed by atoms with Gasteiger partial charge in [0, 0.05) is 50.1 Å². The molecule has 0 spiro atoms. The van der Waals surface area contributed by atoms with Crippen molar-refractivity contribution in [1.29, 1.82) is 0 Å². The van der Waals surface area contributed by atoms with Crippen molar-refractivity contribution in [3.8, 4) is 39.8 Å². The molecule has 55 heavy (non-hydrogen) atoms. The topological polar surface area (TPSA) is 8.17 Å². The Balaban J connectivity index is 0.948. The zero-order chi connectivity index (χ0) is 36.9. The number of para-hydroxylation sites is 4. The average molecular weight is 703 g/mol. The van der Waals surface area contributed by atoms with Crippen LogP contribution in [0.2, 0.25) is 0 Å². The summed E-state index contributed by atoms with van der Waals surface area (Å²) in [6.45, 7) is 4.78. The molecule has 0 N–H and O–H groups in total. The lowest BCUT2D eigenvalue weighted by Gasteiger charge is -2.25. The van der Waals surface area contributed by atoms with Crippen molar-refractivity contribution in [2.75, 3.05) is 4.90 Å². The van der Waals surface area contributed by atoms with Crippen LogP contribution in [0.5, 0.6) is 0 Å². The molecule has 0 atom stereocenters. The van der Waals surface area contributed by atoms with Crippen LogP contribution in [0.4, 0.5) is 17.1 Å². The lowest BCUT2D eigenvalue weighted by molar-refractivity contribution is 0.664. The predicted octanol–water partition coefficient (Wildman–Crippen LogP) is 13.6. The fourth-order valence-electron chi connectivity index (χ4n) is 8.56. The molecule has 2 nitrogen and oxygen atoms in total. The number of fused-ring (bicyclic) bond motifs is 7. The van der Waals surface area contributed by atoms with Crippen molar-refractivity contribution in [2.24, 2.45) is 0 Å². The lowest BCUT2D eigenvalue weighted by atomic mass is 9.80. The first-order chi connectivity index (χ1) is 27.0. The molecular weight excluding hydrogens is 665 g/mol. The highest BCUT2D eigenvalue weighted by Crippen LogP contribution is 2.53. The van der Waals surface area contributed by atoms with Gasteiger partial charge in [-0.3, -0.25) is 0 Å². The number of aromatic nitrogens is 1. The van der Waals surface area contributed by atoms with Crippen molar-refractivity contribution in [2.45, 2.75) is 19.3 Å². The molecule has 1 aliphatic rings. The van der Waals surface area contributed by atoms with E-state index >= 15 is 0 Å². The number of rotatable bonds is 5. The largest absolute Gasteiger partial charge is 0.311 e. The van der Waals surface area contributed by atoms with Gasteiger partial charge in [-0.15, -0.1) is 0 Å². The number of nitrogens with zero attached hydrogens (tertiary/aromatic N) is 2. The molecule has 0 fully saturated rings. The Morgan fingerprint density at radius 1 is 0.455 bits per heavy atom. The molecule has 2 heteroatoms. The smallest absolute Gasteiger partial charge is 0.0588 e. The van der Waals surface area contributed by atoms with Crippen molar-refractivity contribution in [1.82, 2.24) is 4.57 Å². The molecule has 1 aliphatic carbocycles. The summed E-state index contributed by atoms with van der Waals surface area (Å²) in [6, 6.07) is 69.4. The van der Waals surface area contributed by atoms with Crippen molar-refractivity contribution in [3.63, 3.8) is 0 Å². The molecule has 1 heterocycles. The molecule has 260 valence electrons. The van der Waals surface area contributed by atoms with Gasteiger partial charge in [-0.05, 0) is 118 Å². The zero-order valence-corrected chi connectivity index (χ0v) is 30.9. The zero-order valence-electron chi connectivity index (χ0n) is 30.9. The summed E-state index contributed by atoms with van der Waals surface area (Å²) in [5, 5.41) is 2.59. The Labute approximate surface area is 322 Å². The van der Waals surface area contributed by atoms with Crippen LogP contribution in [-0.4, -0.2) is 4.57 Å². The van der Waals surface area contributed by atoms with E-state index in [9.17, 15) is 0 Å². The maximum absolute atomic E-state index is 3.40. The van der Waals surface area contributed by atoms with Gasteiger partial charge in [-0.25, -0.2) is 0 Å². The second-order valence-corrected chi connectivity index (χ2v) is 14.8. The van der Waals surface area contributed by atoms with Crippen LogP contribution in [0.3, 0.4) is 0 Å². The lowest BCUT2D eigenvalue weighted by Crippen LogP contribution is -2.16. The van der Waals surface area contributed by atoms with Crippen LogP contribution in [-0.2, 0) is 5.41 Å². The number of benzene rings is 8. The van der Waals surface area contributed by atoms with Crippen LogP contribution in [0, 0.1) is 11.8 Å². The Kier molecular flexibility index (Phi) is 7.75. The Morgan fingerprint density at radius 3 is 1.64 bits per heavy atom. The van der Waals surface area contributed by atoms with Crippen molar-refractivity contribution in [3.05, 3.63) is 216 Å². The van der Waals surface area contributed by atoms with Gasteiger partial charge >= 0.3 is 0 Å². The molecule has 0 saturated carbocycles. The first-order valence-electron chi connectivity index (χ1n) is 18.9. The van der Waals surface area contributed by atoms with Gasteiger partial charge in [0.25, 0.3) is 0 Å². The molecule has 8 aromatic carbocycles. The summed E-state index contributed by atoms with van der Waals surface area (Å²) in [4.78, 5) is 2.26. The van der Waals surface area contributed by atoms with Gasteiger partial charge in [0.1, 0.15) is 0 Å². The summed E-state index contributed by atoms with van der Waals surface area (Å²) >= 11 is 0. The van der Waals surface area contributed by atoms with Gasteiger partial charge < -0.3 is 9.47 Å². The van der Waals surface area contributed by atoms with Gasteiger partial charge in [-0.2, -0.15) is 0 Å². The molecule has 0 radical (unpaired) electrons. The van der Waals surface area contributed by atoms with E-state index in [0.717, 1.165) is 28.2 Å². The van der Waals surface area contributed by atoms with Gasteiger partial charge in [0.15, 0.2) is 0 Å². The highest BCUT2D eigenvalue weighted by atomic mass is 15.1. The highest BCUT2D eigenvalue weighted by molar-refractivity contribution is 6.13. The van der Waals surface area contributed by atoms with Crippen LogP contribution >= 0.6 is 0 Å². The van der Waals surface area contributed by atoms with Crippen LogP contribution in [0.15, 0.2) is 194 Å². The number of hydrogen-bond acceptors (Lipinski definition) is 1. The minimum atomic E-state index is -0.193. The van der Waals surface area contributed by atoms with Crippen LogP contribution in [0.1, 0.15) is 36.1 Å². The first kappa shape index (κ1) is 32.6. The molecule has 0 saturated heterocycles. The van der Waals surface area contributed by atoms with Gasteiger partial charge in [0.05, 0.1) is 11.0 Å². The molecule has 10 rings (SSSR count). The van der Waals surface area contributed by atoms with Crippen LogP contribution < -0.4 is 4.90 Å². The fourth-order valence-corrected chi connectivity index (χ4v) is 8.56. The maximum Gasteiger partial charge on any atom is 0.0588 e. The van der Waals surface area contributed by atoms with E-state index < -0.39 is 0 Å². The fraction of sp³-hybridized carbons (Fsp3) is 0.0566. The number of anilines is 3. The third-order valence-electron chi connectivity index (χ3n) is 11.2. The maximum atomic E-state index is 3.40. The van der Waals surface area contributed by atoms with E-state index in [4.69, 9.17) is 0 Å².